The number of hydrogen-bond acceptors (Lipinski definition) is 7. The summed E-state index contributed by atoms with van der Waals surface area (Å²) in [5.41, 5.74) is 2.48. The van der Waals surface area contributed by atoms with E-state index in [1.54, 1.807) is 0 Å². The maximum Gasteiger partial charge on any atom is 0.337 e. The van der Waals surface area contributed by atoms with Crippen LogP contribution in [0.2, 0.25) is 0 Å². The summed E-state index contributed by atoms with van der Waals surface area (Å²) < 4.78 is 5.43. The Morgan fingerprint density at radius 3 is 2.85 bits per heavy atom. The highest BCUT2D eigenvalue weighted by Gasteiger charge is 2.28. The van der Waals surface area contributed by atoms with E-state index in [4.69, 9.17) is 4.74 Å². The molecule has 2 aromatic rings. The second kappa shape index (κ2) is 8.75. The number of anilines is 2. The molecule has 8 heteroatoms. The van der Waals surface area contributed by atoms with Crippen LogP contribution in [0.25, 0.3) is 0 Å². The number of aromatic nitrogens is 3. The predicted molar refractivity (Wildman–Crippen MR) is 103 cm³/mol. The molecule has 0 bridgehead atoms. The highest BCUT2D eigenvalue weighted by atomic mass is 32.2. The first-order valence-electron chi connectivity index (χ1n) is 8.63. The lowest BCUT2D eigenvalue weighted by Crippen LogP contribution is -2.22. The van der Waals surface area contributed by atoms with Gasteiger partial charge in [0.2, 0.25) is 11.1 Å². The number of hydrogen-bond donors (Lipinski definition) is 2. The van der Waals surface area contributed by atoms with Crippen LogP contribution in [-0.2, 0) is 9.53 Å². The molecule has 1 aromatic heterocycles. The molecular weight excluding hydrogens is 350 g/mol. The van der Waals surface area contributed by atoms with Gasteiger partial charge in [-0.05, 0) is 24.8 Å². The molecule has 1 aromatic carbocycles. The molecule has 0 radical (unpaired) electrons. The largest absolute Gasteiger partial charge is 0.462 e. The van der Waals surface area contributed by atoms with Crippen LogP contribution in [0, 0.1) is 0 Å². The van der Waals surface area contributed by atoms with Gasteiger partial charge in [0, 0.05) is 11.4 Å². The summed E-state index contributed by atoms with van der Waals surface area (Å²) in [7, 11) is 0. The number of benzene rings is 1. The average molecular weight is 373 g/mol. The topological polar surface area (TPSA) is 83.1 Å². The zero-order chi connectivity index (χ0) is 18.4. The van der Waals surface area contributed by atoms with Crippen LogP contribution in [0.1, 0.15) is 19.8 Å². The molecule has 0 saturated carbocycles. The molecule has 0 unspecified atom stereocenters. The summed E-state index contributed by atoms with van der Waals surface area (Å²) in [6.45, 7) is 3.59. The van der Waals surface area contributed by atoms with Gasteiger partial charge in [-0.2, -0.15) is 4.98 Å². The van der Waals surface area contributed by atoms with E-state index in [1.165, 1.54) is 11.8 Å². The number of esters is 1. The molecule has 0 aliphatic carbocycles. The molecule has 0 amide bonds. The molecule has 7 nitrogen and oxygen atoms in total. The smallest absolute Gasteiger partial charge is 0.337 e. The third-order valence-electron chi connectivity index (χ3n) is 4.08. The van der Waals surface area contributed by atoms with Crippen molar-refractivity contribution >= 4 is 29.4 Å². The number of H-pyrrole nitrogens is 1. The Morgan fingerprint density at radius 1 is 1.35 bits per heavy atom. The normalized spacial score (nSPS) is 14.0. The van der Waals surface area contributed by atoms with Crippen LogP contribution < -0.4 is 10.2 Å². The lowest BCUT2D eigenvalue weighted by Gasteiger charge is -2.18. The maximum absolute atomic E-state index is 12.6. The number of nitrogens with zero attached hydrogens (tertiary/aromatic N) is 3. The number of rotatable bonds is 8. The second-order valence-electron chi connectivity index (χ2n) is 5.93. The fraction of sp³-hybridized carbons (Fsp3) is 0.389. The van der Waals surface area contributed by atoms with Crippen LogP contribution in [0.15, 0.2) is 46.8 Å². The van der Waals surface area contributed by atoms with Crippen LogP contribution in [-0.4, -0.2) is 47.1 Å². The van der Waals surface area contributed by atoms with Gasteiger partial charge in [-0.3, -0.25) is 0 Å². The fourth-order valence-electron chi connectivity index (χ4n) is 2.69. The Labute approximate surface area is 157 Å². The van der Waals surface area contributed by atoms with Crippen LogP contribution >= 0.6 is 11.8 Å². The first kappa shape index (κ1) is 18.3. The van der Waals surface area contributed by atoms with E-state index in [2.05, 4.69) is 32.3 Å². The Bertz CT molecular complexity index is 775. The number of aromatic amines is 1. The Hall–Kier alpha value is -2.48. The van der Waals surface area contributed by atoms with Crippen molar-refractivity contribution in [1.29, 1.82) is 0 Å². The highest BCUT2D eigenvalue weighted by molar-refractivity contribution is 7.98. The van der Waals surface area contributed by atoms with E-state index in [0.717, 1.165) is 24.2 Å². The summed E-state index contributed by atoms with van der Waals surface area (Å²) in [5.74, 6) is 0.252. The van der Waals surface area contributed by atoms with Gasteiger partial charge in [0.05, 0.1) is 25.3 Å². The third-order valence-corrected chi connectivity index (χ3v) is 4.63. The van der Waals surface area contributed by atoms with Gasteiger partial charge in [0.15, 0.2) is 0 Å². The minimum atomic E-state index is -0.274. The van der Waals surface area contributed by atoms with Crippen molar-refractivity contribution in [2.75, 3.05) is 36.2 Å². The fourth-order valence-corrected chi connectivity index (χ4v) is 3.00. The van der Waals surface area contributed by atoms with Gasteiger partial charge in [0.1, 0.15) is 0 Å². The van der Waals surface area contributed by atoms with Gasteiger partial charge in [-0.25, -0.2) is 9.89 Å². The van der Waals surface area contributed by atoms with E-state index in [-0.39, 0.29) is 5.97 Å². The summed E-state index contributed by atoms with van der Waals surface area (Å²) in [4.78, 5) is 19.0. The SMILES string of the molecule is CCCCOC(=O)C1=C(Nc2nc(SC)n[nH]2)CN(c2ccccc2)C1. The monoisotopic (exact) mass is 373 g/mol. The minimum Gasteiger partial charge on any atom is -0.462 e. The lowest BCUT2D eigenvalue weighted by molar-refractivity contribution is -0.139. The average Bonchev–Trinajstić information content (AvgIpc) is 3.30. The van der Waals surface area contributed by atoms with Gasteiger partial charge >= 0.3 is 5.97 Å². The number of ether oxygens (including phenoxy) is 1. The van der Waals surface area contributed by atoms with Gasteiger partial charge in [-0.15, -0.1) is 5.10 Å². The van der Waals surface area contributed by atoms with Crippen molar-refractivity contribution < 1.29 is 9.53 Å². The van der Waals surface area contributed by atoms with Crippen LogP contribution in [0.5, 0.6) is 0 Å². The van der Waals surface area contributed by atoms with Gasteiger partial charge in [-0.1, -0.05) is 43.3 Å². The van der Waals surface area contributed by atoms with Crippen LogP contribution in [0.3, 0.4) is 0 Å². The summed E-state index contributed by atoms with van der Waals surface area (Å²) in [6.07, 6.45) is 3.77. The first-order chi connectivity index (χ1) is 12.7. The molecule has 138 valence electrons. The third kappa shape index (κ3) is 4.37. The number of unbranched alkanes of at least 4 members (excludes halogenated alkanes) is 1. The highest BCUT2D eigenvalue weighted by Crippen LogP contribution is 2.26. The first-order valence-corrected chi connectivity index (χ1v) is 9.86. The number of thioether (sulfide) groups is 1. The zero-order valence-electron chi connectivity index (χ0n) is 15.0. The molecule has 0 fully saturated rings. The van der Waals surface area contributed by atoms with E-state index < -0.39 is 0 Å². The summed E-state index contributed by atoms with van der Waals surface area (Å²) >= 11 is 1.45. The second-order valence-corrected chi connectivity index (χ2v) is 6.71. The Morgan fingerprint density at radius 2 is 2.15 bits per heavy atom. The van der Waals surface area contributed by atoms with Crippen molar-refractivity contribution in [2.45, 2.75) is 24.9 Å². The minimum absolute atomic E-state index is 0.274. The predicted octanol–water partition coefficient (Wildman–Crippen LogP) is 3.06. The number of carbonyl (C=O) groups excluding carboxylic acids is 1. The molecule has 2 heterocycles. The molecular formula is C18H23N5O2S. The molecule has 3 rings (SSSR count). The summed E-state index contributed by atoms with van der Waals surface area (Å²) in [5, 5.41) is 10.8. The van der Waals surface area contributed by atoms with E-state index in [0.29, 0.717) is 36.4 Å². The van der Waals surface area contributed by atoms with E-state index in [1.807, 2.05) is 36.6 Å². The van der Waals surface area contributed by atoms with E-state index >= 15 is 0 Å². The molecule has 0 spiro atoms. The van der Waals surface area contributed by atoms with Crippen molar-refractivity contribution in [2.24, 2.45) is 0 Å². The molecule has 1 aliphatic heterocycles. The van der Waals surface area contributed by atoms with Crippen molar-refractivity contribution in [3.63, 3.8) is 0 Å². The molecule has 2 N–H and O–H groups in total. The number of para-hydroxylation sites is 1. The van der Waals surface area contributed by atoms with Crippen molar-refractivity contribution in [3.8, 4) is 0 Å². The zero-order valence-corrected chi connectivity index (χ0v) is 15.8. The number of carbonyl (C=O) groups is 1. The van der Waals surface area contributed by atoms with Gasteiger partial charge in [0.25, 0.3) is 0 Å². The molecule has 0 atom stereocenters. The molecule has 26 heavy (non-hydrogen) atoms. The van der Waals surface area contributed by atoms with E-state index in [9.17, 15) is 4.79 Å². The molecule has 1 aliphatic rings. The quantitative estimate of drug-likeness (QED) is 0.418. The van der Waals surface area contributed by atoms with Crippen LogP contribution in [0.4, 0.5) is 11.6 Å². The Kier molecular flexibility index (Phi) is 6.17. The standard InChI is InChI=1S/C18H23N5O2S/c1-3-4-10-25-16(24)14-11-23(13-8-6-5-7-9-13)12-15(14)19-17-20-18(26-2)22-21-17/h5-9H,3-4,10-12H2,1-2H3,(H2,19,20,21,22). The Balaban J connectivity index is 1.78. The van der Waals surface area contributed by atoms with Crippen molar-refractivity contribution in [3.05, 3.63) is 41.6 Å². The number of nitrogens with one attached hydrogen (secondary N) is 2. The van der Waals surface area contributed by atoms with Gasteiger partial charge < -0.3 is 15.0 Å². The van der Waals surface area contributed by atoms with Crippen molar-refractivity contribution in [1.82, 2.24) is 15.2 Å². The molecule has 0 saturated heterocycles. The lowest BCUT2D eigenvalue weighted by atomic mass is 10.2. The maximum atomic E-state index is 12.6. The summed E-state index contributed by atoms with van der Waals surface area (Å²) in [6, 6.07) is 10.0.